The molecule has 0 aromatic rings. The maximum Gasteiger partial charge on any atom is 0.0663 e. The van der Waals surface area contributed by atoms with E-state index in [0.717, 1.165) is 6.42 Å². The summed E-state index contributed by atoms with van der Waals surface area (Å²) in [4.78, 5) is 0. The number of rotatable bonds is 8. The zero-order valence-electron chi connectivity index (χ0n) is 9.21. The van der Waals surface area contributed by atoms with Crippen molar-refractivity contribution in [2.75, 3.05) is 0 Å². The van der Waals surface area contributed by atoms with Gasteiger partial charge in [-0.3, -0.25) is 0 Å². The van der Waals surface area contributed by atoms with E-state index >= 15 is 0 Å². The number of hydrogen-bond donors (Lipinski definition) is 0. The average molecular weight is 191 g/mol. The van der Waals surface area contributed by atoms with Gasteiger partial charge >= 0.3 is 0 Å². The number of unbranched alkanes of at least 4 members (excludes halogenated alkanes) is 5. The lowest BCUT2D eigenvalue weighted by Gasteiger charge is -1.96. The Labute approximate surface area is 88.1 Å². The van der Waals surface area contributed by atoms with Crippen LogP contribution in [0.3, 0.4) is 0 Å². The van der Waals surface area contributed by atoms with Gasteiger partial charge in [0.15, 0.2) is 0 Å². The average Bonchev–Trinajstić information content (AvgIpc) is 2.21. The van der Waals surface area contributed by atoms with Crippen molar-refractivity contribution in [3.05, 3.63) is 24.3 Å². The summed E-state index contributed by atoms with van der Waals surface area (Å²) < 4.78 is 0. The van der Waals surface area contributed by atoms with Crippen molar-refractivity contribution in [1.82, 2.24) is 0 Å². The van der Waals surface area contributed by atoms with Crippen molar-refractivity contribution in [3.8, 4) is 6.07 Å². The molecule has 14 heavy (non-hydrogen) atoms. The SMILES string of the molecule is C/C=C/CCCCCC/C=C/CC#N. The highest BCUT2D eigenvalue weighted by Gasteiger charge is 1.86. The van der Waals surface area contributed by atoms with Gasteiger partial charge in [0.2, 0.25) is 0 Å². The first-order valence-electron chi connectivity index (χ1n) is 5.55. The number of hydrogen-bond acceptors (Lipinski definition) is 1. The van der Waals surface area contributed by atoms with Crippen LogP contribution in [-0.4, -0.2) is 0 Å². The minimum absolute atomic E-state index is 0.557. The second-order valence-corrected chi connectivity index (χ2v) is 3.39. The Morgan fingerprint density at radius 1 is 0.929 bits per heavy atom. The van der Waals surface area contributed by atoms with E-state index in [0.29, 0.717) is 6.42 Å². The van der Waals surface area contributed by atoms with Crippen molar-refractivity contribution in [2.45, 2.75) is 51.9 Å². The van der Waals surface area contributed by atoms with Crippen LogP contribution >= 0.6 is 0 Å². The molecule has 0 heterocycles. The highest BCUT2D eigenvalue weighted by atomic mass is 14.2. The molecule has 0 unspecified atom stereocenters. The summed E-state index contributed by atoms with van der Waals surface area (Å²) in [6.45, 7) is 2.07. The van der Waals surface area contributed by atoms with Crippen molar-refractivity contribution in [1.29, 1.82) is 5.26 Å². The number of allylic oxidation sites excluding steroid dienone is 4. The van der Waals surface area contributed by atoms with Gasteiger partial charge in [-0.1, -0.05) is 37.1 Å². The Morgan fingerprint density at radius 3 is 2.14 bits per heavy atom. The standard InChI is InChI=1S/C13H21N/c1-2-3-4-5-6-7-8-9-10-11-12-13-14/h2-3,10-11H,4-9,12H2,1H3/b3-2+,11-10+. The smallest absolute Gasteiger partial charge is 0.0663 e. The lowest BCUT2D eigenvalue weighted by Crippen LogP contribution is -1.76. The van der Waals surface area contributed by atoms with Crippen molar-refractivity contribution >= 4 is 0 Å². The maximum atomic E-state index is 8.28. The molecule has 0 saturated carbocycles. The molecule has 0 fully saturated rings. The first-order valence-corrected chi connectivity index (χ1v) is 5.55. The van der Waals surface area contributed by atoms with Crippen LogP contribution in [0.2, 0.25) is 0 Å². The van der Waals surface area contributed by atoms with E-state index in [1.807, 2.05) is 6.08 Å². The first-order chi connectivity index (χ1) is 6.91. The van der Waals surface area contributed by atoms with Crippen molar-refractivity contribution in [3.63, 3.8) is 0 Å². The molecule has 78 valence electrons. The fourth-order valence-electron chi connectivity index (χ4n) is 1.30. The molecule has 1 heteroatoms. The lowest BCUT2D eigenvalue weighted by atomic mass is 10.1. The predicted octanol–water partition coefficient (Wildman–Crippen LogP) is 4.37. The molecule has 0 aromatic carbocycles. The van der Waals surface area contributed by atoms with Gasteiger partial charge in [-0.2, -0.15) is 5.26 Å². The van der Waals surface area contributed by atoms with Crippen LogP contribution < -0.4 is 0 Å². The number of nitriles is 1. The third-order valence-electron chi connectivity index (χ3n) is 2.10. The Balaban J connectivity index is 3.03. The maximum absolute atomic E-state index is 8.28. The van der Waals surface area contributed by atoms with Crippen LogP contribution in [0, 0.1) is 11.3 Å². The minimum atomic E-state index is 0.557. The molecule has 0 aliphatic heterocycles. The second kappa shape index (κ2) is 12.0. The molecule has 0 bridgehead atoms. The second-order valence-electron chi connectivity index (χ2n) is 3.39. The monoisotopic (exact) mass is 191 g/mol. The Morgan fingerprint density at radius 2 is 1.57 bits per heavy atom. The van der Waals surface area contributed by atoms with E-state index in [-0.39, 0.29) is 0 Å². The van der Waals surface area contributed by atoms with Gasteiger partial charge in [-0.25, -0.2) is 0 Å². The van der Waals surface area contributed by atoms with E-state index in [9.17, 15) is 0 Å². The zero-order chi connectivity index (χ0) is 10.5. The van der Waals surface area contributed by atoms with E-state index < -0.39 is 0 Å². The molecule has 0 N–H and O–H groups in total. The molecule has 0 aromatic heterocycles. The van der Waals surface area contributed by atoms with Crippen LogP contribution in [0.15, 0.2) is 24.3 Å². The molecule has 0 aliphatic rings. The molecule has 0 saturated heterocycles. The molecule has 0 rings (SSSR count). The molecular weight excluding hydrogens is 170 g/mol. The largest absolute Gasteiger partial charge is 0.198 e. The molecular formula is C13H21N. The summed E-state index contributed by atoms with van der Waals surface area (Å²) in [6, 6.07) is 2.10. The van der Waals surface area contributed by atoms with E-state index in [1.165, 1.54) is 32.1 Å². The van der Waals surface area contributed by atoms with E-state index in [2.05, 4.69) is 31.2 Å². The van der Waals surface area contributed by atoms with Crippen molar-refractivity contribution in [2.24, 2.45) is 0 Å². The lowest BCUT2D eigenvalue weighted by molar-refractivity contribution is 0.652. The highest BCUT2D eigenvalue weighted by Crippen LogP contribution is 2.06. The van der Waals surface area contributed by atoms with Gasteiger partial charge in [-0.15, -0.1) is 0 Å². The molecule has 1 nitrogen and oxygen atoms in total. The first kappa shape index (κ1) is 13.0. The van der Waals surface area contributed by atoms with Gasteiger partial charge < -0.3 is 0 Å². The van der Waals surface area contributed by atoms with Crippen LogP contribution in [0.1, 0.15) is 51.9 Å². The van der Waals surface area contributed by atoms with Gasteiger partial charge in [0.1, 0.15) is 0 Å². The highest BCUT2D eigenvalue weighted by molar-refractivity contribution is 4.90. The Kier molecular flexibility index (Phi) is 11.1. The Bertz CT molecular complexity index is 196. The van der Waals surface area contributed by atoms with Crippen LogP contribution in [0.4, 0.5) is 0 Å². The summed E-state index contributed by atoms with van der Waals surface area (Å²) in [5.41, 5.74) is 0. The number of nitrogens with zero attached hydrogens (tertiary/aromatic N) is 1. The third-order valence-corrected chi connectivity index (χ3v) is 2.10. The zero-order valence-corrected chi connectivity index (χ0v) is 9.21. The normalized spacial score (nSPS) is 11.1. The summed E-state index contributed by atoms with van der Waals surface area (Å²) in [7, 11) is 0. The minimum Gasteiger partial charge on any atom is -0.198 e. The Hall–Kier alpha value is -1.03. The fourth-order valence-corrected chi connectivity index (χ4v) is 1.30. The molecule has 0 atom stereocenters. The topological polar surface area (TPSA) is 23.8 Å². The van der Waals surface area contributed by atoms with Gasteiger partial charge in [0.25, 0.3) is 0 Å². The summed E-state index contributed by atoms with van der Waals surface area (Å²) in [5, 5.41) is 8.28. The van der Waals surface area contributed by atoms with E-state index in [4.69, 9.17) is 5.26 Å². The third kappa shape index (κ3) is 11.0. The molecule has 0 spiro atoms. The predicted molar refractivity (Wildman–Crippen MR) is 61.9 cm³/mol. The van der Waals surface area contributed by atoms with Crippen LogP contribution in [-0.2, 0) is 0 Å². The van der Waals surface area contributed by atoms with Gasteiger partial charge in [0.05, 0.1) is 12.5 Å². The molecule has 0 radical (unpaired) electrons. The van der Waals surface area contributed by atoms with Crippen LogP contribution in [0.25, 0.3) is 0 Å². The fraction of sp³-hybridized carbons (Fsp3) is 0.615. The summed E-state index contributed by atoms with van der Waals surface area (Å²) in [6.07, 6.45) is 16.6. The van der Waals surface area contributed by atoms with Gasteiger partial charge in [0, 0.05) is 0 Å². The van der Waals surface area contributed by atoms with E-state index in [1.54, 1.807) is 0 Å². The summed E-state index contributed by atoms with van der Waals surface area (Å²) in [5.74, 6) is 0. The van der Waals surface area contributed by atoms with Gasteiger partial charge in [-0.05, 0) is 32.6 Å². The van der Waals surface area contributed by atoms with Crippen molar-refractivity contribution < 1.29 is 0 Å². The molecule has 0 amide bonds. The summed E-state index contributed by atoms with van der Waals surface area (Å²) >= 11 is 0. The quantitative estimate of drug-likeness (QED) is 0.413. The molecule has 0 aliphatic carbocycles. The van der Waals surface area contributed by atoms with Crippen LogP contribution in [0.5, 0.6) is 0 Å².